The molecule has 0 atom stereocenters. The molecule has 0 amide bonds. The Labute approximate surface area is 76.1 Å². The van der Waals surface area contributed by atoms with Crippen molar-refractivity contribution < 1.29 is 22.4 Å². The number of rotatable bonds is 1. The topological polar surface area (TPSA) is 35.3 Å². The van der Waals surface area contributed by atoms with E-state index in [4.69, 9.17) is 0 Å². The van der Waals surface area contributed by atoms with Gasteiger partial charge in [0.05, 0.1) is 6.20 Å². The van der Waals surface area contributed by atoms with Crippen LogP contribution in [0.25, 0.3) is 11.0 Å². The number of hydrogen-bond acceptors (Lipinski definition) is 3. The second kappa shape index (κ2) is 2.90. The Hall–Kier alpha value is -1.72. The third kappa shape index (κ3) is 1.78. The van der Waals surface area contributed by atoms with Crippen LogP contribution in [0.1, 0.15) is 0 Å². The molecule has 0 unspecified atom stereocenters. The molecule has 0 radical (unpaired) electrons. The molecule has 1 aromatic heterocycles. The fourth-order valence-corrected chi connectivity index (χ4v) is 1.04. The van der Waals surface area contributed by atoms with Crippen molar-refractivity contribution in [1.29, 1.82) is 0 Å². The van der Waals surface area contributed by atoms with Crippen LogP contribution in [0.15, 0.2) is 28.9 Å². The van der Waals surface area contributed by atoms with Gasteiger partial charge in [-0.05, 0) is 12.1 Å². The van der Waals surface area contributed by atoms with Crippen LogP contribution in [0, 0.1) is 0 Å². The first-order chi connectivity index (χ1) is 6.54. The summed E-state index contributed by atoms with van der Waals surface area (Å²) < 4.78 is 43.8. The predicted octanol–water partition coefficient (Wildman–Crippen LogP) is 2.73. The summed E-state index contributed by atoms with van der Waals surface area (Å²) in [5.74, 6) is -0.318. The summed E-state index contributed by atoms with van der Waals surface area (Å²) in [6.45, 7) is 0. The minimum Gasteiger partial charge on any atom is -0.406 e. The molecule has 2 aromatic rings. The van der Waals surface area contributed by atoms with E-state index < -0.39 is 6.36 Å². The van der Waals surface area contributed by atoms with Crippen LogP contribution in [-0.2, 0) is 0 Å². The van der Waals surface area contributed by atoms with Gasteiger partial charge in [-0.2, -0.15) is 0 Å². The lowest BCUT2D eigenvalue weighted by Crippen LogP contribution is -2.16. The number of hydrogen-bond donors (Lipinski definition) is 0. The molecule has 0 spiro atoms. The van der Waals surface area contributed by atoms with Crippen molar-refractivity contribution in [3.05, 3.63) is 24.4 Å². The van der Waals surface area contributed by atoms with E-state index in [0.717, 1.165) is 6.07 Å². The maximum Gasteiger partial charge on any atom is 0.573 e. The quantitative estimate of drug-likeness (QED) is 0.714. The van der Waals surface area contributed by atoms with Crippen molar-refractivity contribution in [2.24, 2.45) is 0 Å². The summed E-state index contributed by atoms with van der Waals surface area (Å²) in [4.78, 5) is 0. The second-order valence-electron chi connectivity index (χ2n) is 2.57. The van der Waals surface area contributed by atoms with Crippen molar-refractivity contribution in [1.82, 2.24) is 5.16 Å². The molecule has 0 N–H and O–H groups in total. The molecule has 0 fully saturated rings. The van der Waals surface area contributed by atoms with E-state index in [-0.39, 0.29) is 11.3 Å². The molecule has 0 saturated carbocycles. The zero-order chi connectivity index (χ0) is 10.2. The maximum absolute atomic E-state index is 11.8. The molecule has 1 heterocycles. The first kappa shape index (κ1) is 8.86. The number of fused-ring (bicyclic) bond motifs is 1. The van der Waals surface area contributed by atoms with Gasteiger partial charge in [0.25, 0.3) is 0 Å². The molecule has 14 heavy (non-hydrogen) atoms. The highest BCUT2D eigenvalue weighted by atomic mass is 19.4. The van der Waals surface area contributed by atoms with Gasteiger partial charge in [-0.1, -0.05) is 5.16 Å². The highest BCUT2D eigenvalue weighted by molar-refractivity contribution is 5.77. The Kier molecular flexibility index (Phi) is 1.83. The van der Waals surface area contributed by atoms with E-state index in [1.165, 1.54) is 18.3 Å². The van der Waals surface area contributed by atoms with Gasteiger partial charge in [-0.3, -0.25) is 0 Å². The molecule has 0 aliphatic rings. The van der Waals surface area contributed by atoms with Crippen molar-refractivity contribution in [3.8, 4) is 5.75 Å². The van der Waals surface area contributed by atoms with E-state index in [0.29, 0.717) is 5.39 Å². The monoisotopic (exact) mass is 203 g/mol. The van der Waals surface area contributed by atoms with Gasteiger partial charge in [-0.25, -0.2) is 0 Å². The molecule has 0 aliphatic carbocycles. The molecule has 74 valence electrons. The SMILES string of the molecule is FC(F)(F)Oc1ccc2cnoc2c1. The normalized spacial score (nSPS) is 11.9. The van der Waals surface area contributed by atoms with E-state index in [9.17, 15) is 13.2 Å². The van der Waals surface area contributed by atoms with E-state index in [1.54, 1.807) is 0 Å². The Morgan fingerprint density at radius 3 is 2.79 bits per heavy atom. The van der Waals surface area contributed by atoms with Crippen molar-refractivity contribution >= 4 is 11.0 Å². The summed E-state index contributed by atoms with van der Waals surface area (Å²) in [7, 11) is 0. The van der Waals surface area contributed by atoms with Crippen LogP contribution in [0.3, 0.4) is 0 Å². The van der Waals surface area contributed by atoms with Crippen LogP contribution < -0.4 is 4.74 Å². The van der Waals surface area contributed by atoms with Crippen LogP contribution in [-0.4, -0.2) is 11.5 Å². The second-order valence-corrected chi connectivity index (χ2v) is 2.57. The van der Waals surface area contributed by atoms with Crippen molar-refractivity contribution in [3.63, 3.8) is 0 Å². The summed E-state index contributed by atoms with van der Waals surface area (Å²) in [5, 5.41) is 4.05. The van der Waals surface area contributed by atoms with Gasteiger partial charge < -0.3 is 9.26 Å². The molecule has 0 bridgehead atoms. The number of halogens is 3. The van der Waals surface area contributed by atoms with E-state index in [1.807, 2.05) is 0 Å². The average molecular weight is 203 g/mol. The van der Waals surface area contributed by atoms with E-state index >= 15 is 0 Å². The molecule has 1 aromatic carbocycles. The molecule has 3 nitrogen and oxygen atoms in total. The number of benzene rings is 1. The Morgan fingerprint density at radius 2 is 2.07 bits per heavy atom. The predicted molar refractivity (Wildman–Crippen MR) is 40.7 cm³/mol. The highest BCUT2D eigenvalue weighted by Crippen LogP contribution is 2.26. The molecule has 0 aliphatic heterocycles. The lowest BCUT2D eigenvalue weighted by Gasteiger charge is -2.07. The van der Waals surface area contributed by atoms with Gasteiger partial charge >= 0.3 is 6.36 Å². The highest BCUT2D eigenvalue weighted by Gasteiger charge is 2.31. The number of alkyl halides is 3. The number of ether oxygens (including phenoxy) is 1. The smallest absolute Gasteiger partial charge is 0.406 e. The van der Waals surface area contributed by atoms with Crippen LogP contribution in [0.4, 0.5) is 13.2 Å². The standard InChI is InChI=1S/C8H4F3NO2/c9-8(10,11)13-6-2-1-5-4-12-14-7(5)3-6/h1-4H. The summed E-state index contributed by atoms with van der Waals surface area (Å²) >= 11 is 0. The van der Waals surface area contributed by atoms with E-state index in [2.05, 4.69) is 14.4 Å². The van der Waals surface area contributed by atoms with Crippen LogP contribution in [0.5, 0.6) is 5.75 Å². The van der Waals surface area contributed by atoms with Crippen molar-refractivity contribution in [2.45, 2.75) is 6.36 Å². The molecule has 6 heteroatoms. The number of aromatic nitrogens is 1. The number of nitrogens with zero attached hydrogens (tertiary/aromatic N) is 1. The summed E-state index contributed by atoms with van der Waals surface area (Å²) in [6.07, 6.45) is -3.28. The minimum atomic E-state index is -4.69. The van der Waals surface area contributed by atoms with Gasteiger partial charge in [-0.15, -0.1) is 13.2 Å². The minimum absolute atomic E-state index is 0.256. The Morgan fingerprint density at radius 1 is 1.29 bits per heavy atom. The lowest BCUT2D eigenvalue weighted by atomic mass is 10.2. The molecular weight excluding hydrogens is 199 g/mol. The van der Waals surface area contributed by atoms with Gasteiger partial charge in [0.2, 0.25) is 0 Å². The first-order valence-corrected chi connectivity index (χ1v) is 3.65. The maximum atomic E-state index is 11.8. The third-order valence-electron chi connectivity index (χ3n) is 1.56. The molecular formula is C8H4F3NO2. The zero-order valence-electron chi connectivity index (χ0n) is 6.71. The fourth-order valence-electron chi connectivity index (χ4n) is 1.04. The van der Waals surface area contributed by atoms with Gasteiger partial charge in [0.15, 0.2) is 5.58 Å². The largest absolute Gasteiger partial charge is 0.573 e. The summed E-state index contributed by atoms with van der Waals surface area (Å²) in [5.41, 5.74) is 0.256. The van der Waals surface area contributed by atoms with Crippen LogP contribution >= 0.6 is 0 Å². The average Bonchev–Trinajstić information content (AvgIpc) is 2.47. The van der Waals surface area contributed by atoms with Crippen molar-refractivity contribution in [2.75, 3.05) is 0 Å². The summed E-state index contributed by atoms with van der Waals surface area (Å²) in [6, 6.07) is 3.77. The molecule has 2 rings (SSSR count). The first-order valence-electron chi connectivity index (χ1n) is 3.65. The zero-order valence-corrected chi connectivity index (χ0v) is 6.71. The Balaban J connectivity index is 2.35. The van der Waals surface area contributed by atoms with Gasteiger partial charge in [0, 0.05) is 11.5 Å². The fraction of sp³-hybridized carbons (Fsp3) is 0.125. The Bertz CT molecular complexity index is 449. The molecule has 0 saturated heterocycles. The van der Waals surface area contributed by atoms with Crippen LogP contribution in [0.2, 0.25) is 0 Å². The third-order valence-corrected chi connectivity index (χ3v) is 1.56. The van der Waals surface area contributed by atoms with Gasteiger partial charge in [0.1, 0.15) is 5.75 Å². The lowest BCUT2D eigenvalue weighted by molar-refractivity contribution is -0.274.